The molecule has 0 aliphatic rings. The van der Waals surface area contributed by atoms with Gasteiger partial charge in [-0.05, 0) is 45.5 Å². The fraction of sp³-hybridized carbons (Fsp3) is 0.500. The number of hydrogen-bond donors (Lipinski definition) is 2. The number of halogens is 1. The molecule has 1 aromatic rings. The quantitative estimate of drug-likeness (QED) is 0.892. The van der Waals surface area contributed by atoms with E-state index in [4.69, 9.17) is 4.74 Å². The number of amides is 1. The highest BCUT2D eigenvalue weighted by Crippen LogP contribution is 2.16. The SMILES string of the molecule is CNC(CNC(=O)OC(C)(C)C)c1ccc(Br)cc1. The van der Waals surface area contributed by atoms with Crippen molar-refractivity contribution in [3.63, 3.8) is 0 Å². The molecule has 1 aromatic carbocycles. The van der Waals surface area contributed by atoms with Crippen LogP contribution in [0.5, 0.6) is 0 Å². The van der Waals surface area contributed by atoms with Crippen LogP contribution in [0.15, 0.2) is 28.7 Å². The topological polar surface area (TPSA) is 50.4 Å². The lowest BCUT2D eigenvalue weighted by molar-refractivity contribution is 0.0523. The number of rotatable bonds is 4. The van der Waals surface area contributed by atoms with Crippen molar-refractivity contribution in [2.75, 3.05) is 13.6 Å². The Labute approximate surface area is 123 Å². The van der Waals surface area contributed by atoms with Crippen LogP contribution in [0.2, 0.25) is 0 Å². The van der Waals surface area contributed by atoms with E-state index in [1.165, 1.54) is 0 Å². The Kier molecular flexibility index (Phi) is 5.82. The lowest BCUT2D eigenvalue weighted by Crippen LogP contribution is -2.37. The molecule has 4 nitrogen and oxygen atoms in total. The number of ether oxygens (including phenoxy) is 1. The molecule has 1 amide bonds. The molecule has 0 fully saturated rings. The van der Waals surface area contributed by atoms with Gasteiger partial charge in [0, 0.05) is 17.1 Å². The van der Waals surface area contributed by atoms with Gasteiger partial charge in [0.2, 0.25) is 0 Å². The van der Waals surface area contributed by atoms with Crippen LogP contribution in [-0.2, 0) is 4.74 Å². The highest BCUT2D eigenvalue weighted by atomic mass is 79.9. The third kappa shape index (κ3) is 6.07. The van der Waals surface area contributed by atoms with Gasteiger partial charge in [0.05, 0.1) is 0 Å². The molecular formula is C14H21BrN2O2. The van der Waals surface area contributed by atoms with Gasteiger partial charge in [-0.1, -0.05) is 28.1 Å². The van der Waals surface area contributed by atoms with E-state index in [-0.39, 0.29) is 6.04 Å². The van der Waals surface area contributed by atoms with Crippen molar-refractivity contribution in [1.29, 1.82) is 0 Å². The van der Waals surface area contributed by atoms with Crippen LogP contribution in [-0.4, -0.2) is 25.3 Å². The minimum atomic E-state index is -0.475. The molecule has 106 valence electrons. The molecule has 0 bridgehead atoms. The first kappa shape index (κ1) is 16.0. The Balaban J connectivity index is 2.54. The normalized spacial score (nSPS) is 12.9. The van der Waals surface area contributed by atoms with Gasteiger partial charge in [0.25, 0.3) is 0 Å². The zero-order valence-corrected chi connectivity index (χ0v) is 13.4. The van der Waals surface area contributed by atoms with E-state index in [0.717, 1.165) is 10.0 Å². The summed E-state index contributed by atoms with van der Waals surface area (Å²) in [5.41, 5.74) is 0.637. The van der Waals surface area contributed by atoms with Crippen molar-refractivity contribution < 1.29 is 9.53 Å². The minimum absolute atomic E-state index is 0.0561. The first-order valence-corrected chi connectivity index (χ1v) is 7.00. The van der Waals surface area contributed by atoms with Crippen LogP contribution in [0.4, 0.5) is 4.79 Å². The first-order valence-electron chi connectivity index (χ1n) is 6.21. The summed E-state index contributed by atoms with van der Waals surface area (Å²) in [7, 11) is 1.86. The summed E-state index contributed by atoms with van der Waals surface area (Å²) in [6.07, 6.45) is -0.398. The molecule has 1 rings (SSSR count). The Morgan fingerprint density at radius 2 is 1.89 bits per heavy atom. The predicted molar refractivity (Wildman–Crippen MR) is 80.2 cm³/mol. The summed E-state index contributed by atoms with van der Waals surface area (Å²) in [5.74, 6) is 0. The number of likely N-dealkylation sites (N-methyl/N-ethyl adjacent to an activating group) is 1. The zero-order chi connectivity index (χ0) is 14.5. The molecule has 0 aromatic heterocycles. The van der Waals surface area contributed by atoms with E-state index in [2.05, 4.69) is 26.6 Å². The maximum atomic E-state index is 11.6. The monoisotopic (exact) mass is 328 g/mol. The standard InChI is InChI=1S/C14H21BrN2O2/c1-14(2,3)19-13(18)17-9-12(16-4)10-5-7-11(15)8-6-10/h5-8,12,16H,9H2,1-4H3,(H,17,18). The Morgan fingerprint density at radius 3 is 2.37 bits per heavy atom. The van der Waals surface area contributed by atoms with Gasteiger partial charge in [0.15, 0.2) is 0 Å². The van der Waals surface area contributed by atoms with Gasteiger partial charge in [0.1, 0.15) is 5.60 Å². The van der Waals surface area contributed by atoms with Crippen LogP contribution in [0, 0.1) is 0 Å². The van der Waals surface area contributed by atoms with Gasteiger partial charge in [-0.15, -0.1) is 0 Å². The van der Waals surface area contributed by atoms with E-state index in [9.17, 15) is 4.79 Å². The summed E-state index contributed by atoms with van der Waals surface area (Å²) in [6, 6.07) is 8.05. The molecule has 1 atom stereocenters. The van der Waals surface area contributed by atoms with Gasteiger partial charge in [-0.3, -0.25) is 0 Å². The highest BCUT2D eigenvalue weighted by Gasteiger charge is 2.17. The second kappa shape index (κ2) is 6.91. The Hall–Kier alpha value is -1.07. The molecule has 0 aliphatic heterocycles. The molecule has 19 heavy (non-hydrogen) atoms. The molecular weight excluding hydrogens is 308 g/mol. The van der Waals surface area contributed by atoms with Crippen LogP contribution in [0.1, 0.15) is 32.4 Å². The number of hydrogen-bond acceptors (Lipinski definition) is 3. The Morgan fingerprint density at radius 1 is 1.32 bits per heavy atom. The van der Waals surface area contributed by atoms with E-state index in [1.54, 1.807) is 0 Å². The van der Waals surface area contributed by atoms with Gasteiger partial charge in [-0.25, -0.2) is 4.79 Å². The van der Waals surface area contributed by atoms with Crippen molar-refractivity contribution in [1.82, 2.24) is 10.6 Å². The number of carbonyl (C=O) groups excluding carboxylic acids is 1. The third-order valence-corrected chi connectivity index (χ3v) is 3.00. The smallest absolute Gasteiger partial charge is 0.407 e. The number of nitrogens with one attached hydrogen (secondary N) is 2. The fourth-order valence-corrected chi connectivity index (χ4v) is 1.85. The average molecular weight is 329 g/mol. The summed E-state index contributed by atoms with van der Waals surface area (Å²) in [6.45, 7) is 6.01. The molecule has 1 unspecified atom stereocenters. The average Bonchev–Trinajstić information content (AvgIpc) is 2.29. The summed E-state index contributed by atoms with van der Waals surface area (Å²) in [5, 5.41) is 5.94. The van der Waals surface area contributed by atoms with Gasteiger partial charge in [-0.2, -0.15) is 0 Å². The highest BCUT2D eigenvalue weighted by molar-refractivity contribution is 9.10. The third-order valence-electron chi connectivity index (χ3n) is 2.47. The Bertz CT molecular complexity index is 412. The summed E-state index contributed by atoms with van der Waals surface area (Å²) >= 11 is 3.40. The molecule has 0 heterocycles. The molecule has 0 radical (unpaired) electrons. The second-order valence-corrected chi connectivity index (χ2v) is 6.19. The lowest BCUT2D eigenvalue weighted by Gasteiger charge is -2.22. The molecule has 2 N–H and O–H groups in total. The van der Waals surface area contributed by atoms with Gasteiger partial charge < -0.3 is 15.4 Å². The largest absolute Gasteiger partial charge is 0.444 e. The minimum Gasteiger partial charge on any atom is -0.444 e. The summed E-state index contributed by atoms with van der Waals surface area (Å²) in [4.78, 5) is 11.6. The van der Waals surface area contributed by atoms with E-state index < -0.39 is 11.7 Å². The van der Waals surface area contributed by atoms with Crippen molar-refractivity contribution in [2.45, 2.75) is 32.4 Å². The molecule has 0 aliphatic carbocycles. The van der Waals surface area contributed by atoms with Gasteiger partial charge >= 0.3 is 6.09 Å². The maximum Gasteiger partial charge on any atom is 0.407 e. The van der Waals surface area contributed by atoms with E-state index in [0.29, 0.717) is 6.54 Å². The summed E-state index contributed by atoms with van der Waals surface area (Å²) < 4.78 is 6.24. The molecule has 0 saturated heterocycles. The first-order chi connectivity index (χ1) is 8.81. The van der Waals surface area contributed by atoms with E-state index >= 15 is 0 Å². The number of alkyl carbamates (subject to hydrolysis) is 1. The van der Waals surface area contributed by atoms with Crippen LogP contribution in [0.25, 0.3) is 0 Å². The van der Waals surface area contributed by atoms with Crippen molar-refractivity contribution in [3.8, 4) is 0 Å². The second-order valence-electron chi connectivity index (χ2n) is 5.28. The number of benzene rings is 1. The molecule has 0 spiro atoms. The van der Waals surface area contributed by atoms with Crippen LogP contribution < -0.4 is 10.6 Å². The van der Waals surface area contributed by atoms with Crippen LogP contribution in [0.3, 0.4) is 0 Å². The van der Waals surface area contributed by atoms with Crippen molar-refractivity contribution in [2.24, 2.45) is 0 Å². The molecule has 5 heteroatoms. The van der Waals surface area contributed by atoms with Crippen molar-refractivity contribution in [3.05, 3.63) is 34.3 Å². The number of carbonyl (C=O) groups is 1. The van der Waals surface area contributed by atoms with E-state index in [1.807, 2.05) is 52.1 Å². The predicted octanol–water partition coefficient (Wildman–Crippen LogP) is 3.23. The lowest BCUT2D eigenvalue weighted by atomic mass is 10.1. The maximum absolute atomic E-state index is 11.6. The molecule has 0 saturated carbocycles. The zero-order valence-electron chi connectivity index (χ0n) is 11.8. The van der Waals surface area contributed by atoms with Crippen molar-refractivity contribution >= 4 is 22.0 Å². The fourth-order valence-electron chi connectivity index (χ4n) is 1.58. The van der Waals surface area contributed by atoms with Crippen LogP contribution >= 0.6 is 15.9 Å².